The number of nitrogens with one attached hydrogen (secondary N) is 1. The smallest absolute Gasteiger partial charge is 0.274 e. The van der Waals surface area contributed by atoms with Crippen LogP contribution < -0.4 is 10.2 Å². The lowest BCUT2D eigenvalue weighted by Crippen LogP contribution is -2.20. The third-order valence-electron chi connectivity index (χ3n) is 3.63. The van der Waals surface area contributed by atoms with Gasteiger partial charge >= 0.3 is 0 Å². The third kappa shape index (κ3) is 3.27. The monoisotopic (exact) mass is 363 g/mol. The van der Waals surface area contributed by atoms with Crippen LogP contribution in [0.2, 0.25) is 0 Å². The predicted molar refractivity (Wildman–Crippen MR) is 87.7 cm³/mol. The fourth-order valence-corrected chi connectivity index (χ4v) is 2.83. The standard InChI is InChI=1S/C16H15BrFN3O/c17-11-3-4-14(13(18)9-11)20-16(22)15-10-12(5-6-19-15)21-7-1-2-8-21/h3-6,9-10H,1-2,7-8H2,(H,20,22). The first-order valence-corrected chi connectivity index (χ1v) is 7.90. The van der Waals surface area contributed by atoms with Crippen molar-refractivity contribution in [1.29, 1.82) is 0 Å². The van der Waals surface area contributed by atoms with Crippen molar-refractivity contribution in [3.8, 4) is 0 Å². The second kappa shape index (κ2) is 6.44. The van der Waals surface area contributed by atoms with E-state index in [1.54, 1.807) is 18.3 Å². The summed E-state index contributed by atoms with van der Waals surface area (Å²) in [5, 5.41) is 2.56. The Labute approximate surface area is 136 Å². The number of rotatable bonds is 3. The average Bonchev–Trinajstić information content (AvgIpc) is 3.04. The largest absolute Gasteiger partial charge is 0.371 e. The molecule has 4 nitrogen and oxygen atoms in total. The van der Waals surface area contributed by atoms with Gasteiger partial charge in [-0.1, -0.05) is 15.9 Å². The van der Waals surface area contributed by atoms with Crippen LogP contribution in [0.5, 0.6) is 0 Å². The molecule has 2 aromatic rings. The van der Waals surface area contributed by atoms with Crippen molar-refractivity contribution in [2.45, 2.75) is 12.8 Å². The Bertz CT molecular complexity index is 702. The first-order valence-electron chi connectivity index (χ1n) is 7.11. The van der Waals surface area contributed by atoms with E-state index >= 15 is 0 Å². The minimum Gasteiger partial charge on any atom is -0.371 e. The maximum atomic E-state index is 13.8. The van der Waals surface area contributed by atoms with Gasteiger partial charge in [-0.2, -0.15) is 0 Å². The van der Waals surface area contributed by atoms with Crippen molar-refractivity contribution in [3.05, 3.63) is 52.5 Å². The van der Waals surface area contributed by atoms with Gasteiger partial charge in [-0.3, -0.25) is 9.78 Å². The van der Waals surface area contributed by atoms with Crippen LogP contribution in [0.25, 0.3) is 0 Å². The van der Waals surface area contributed by atoms with E-state index in [0.29, 0.717) is 4.47 Å². The number of aromatic nitrogens is 1. The molecule has 1 aromatic heterocycles. The lowest BCUT2D eigenvalue weighted by Gasteiger charge is -2.17. The van der Waals surface area contributed by atoms with E-state index in [2.05, 4.69) is 31.1 Å². The maximum absolute atomic E-state index is 13.8. The number of carbonyl (C=O) groups excluding carboxylic acids is 1. The Hall–Kier alpha value is -1.95. The molecule has 1 amide bonds. The van der Waals surface area contributed by atoms with E-state index in [-0.39, 0.29) is 11.4 Å². The highest BCUT2D eigenvalue weighted by atomic mass is 79.9. The highest BCUT2D eigenvalue weighted by Crippen LogP contribution is 2.22. The molecule has 0 atom stereocenters. The zero-order valence-electron chi connectivity index (χ0n) is 11.9. The van der Waals surface area contributed by atoms with Crippen LogP contribution in [0.3, 0.4) is 0 Å². The molecule has 1 fully saturated rings. The molecular weight excluding hydrogens is 349 g/mol. The first-order chi connectivity index (χ1) is 10.6. The molecule has 0 aliphatic carbocycles. The summed E-state index contributed by atoms with van der Waals surface area (Å²) in [6, 6.07) is 8.14. The summed E-state index contributed by atoms with van der Waals surface area (Å²) in [5.41, 5.74) is 1.40. The molecule has 0 unspecified atom stereocenters. The van der Waals surface area contributed by atoms with Crippen molar-refractivity contribution in [1.82, 2.24) is 4.98 Å². The molecule has 1 aromatic carbocycles. The van der Waals surface area contributed by atoms with Gasteiger partial charge in [0.25, 0.3) is 5.91 Å². The first kappa shape index (κ1) is 15.0. The fraction of sp³-hybridized carbons (Fsp3) is 0.250. The van der Waals surface area contributed by atoms with E-state index in [1.807, 2.05) is 6.07 Å². The van der Waals surface area contributed by atoms with Crippen LogP contribution in [0.4, 0.5) is 15.8 Å². The molecule has 0 saturated carbocycles. The normalized spacial score (nSPS) is 14.2. The molecule has 1 saturated heterocycles. The molecule has 6 heteroatoms. The van der Waals surface area contributed by atoms with Crippen molar-refractivity contribution in [2.75, 3.05) is 23.3 Å². The molecule has 0 bridgehead atoms. The Morgan fingerprint density at radius 3 is 2.73 bits per heavy atom. The molecule has 2 heterocycles. The molecule has 22 heavy (non-hydrogen) atoms. The van der Waals surface area contributed by atoms with E-state index in [4.69, 9.17) is 0 Å². The van der Waals surface area contributed by atoms with Gasteiger partial charge in [0, 0.05) is 29.4 Å². The van der Waals surface area contributed by atoms with Gasteiger partial charge in [0.1, 0.15) is 11.5 Å². The molecule has 1 aliphatic rings. The Balaban J connectivity index is 1.78. The quantitative estimate of drug-likeness (QED) is 0.900. The summed E-state index contributed by atoms with van der Waals surface area (Å²) in [5.74, 6) is -0.902. The molecule has 1 N–H and O–H groups in total. The number of carbonyl (C=O) groups is 1. The van der Waals surface area contributed by atoms with Crippen LogP contribution in [-0.2, 0) is 0 Å². The minimum atomic E-state index is -0.488. The van der Waals surface area contributed by atoms with Crippen molar-refractivity contribution in [3.63, 3.8) is 0 Å². The number of pyridine rings is 1. The van der Waals surface area contributed by atoms with Gasteiger partial charge in [0.15, 0.2) is 0 Å². The van der Waals surface area contributed by atoms with Gasteiger partial charge in [-0.05, 0) is 43.2 Å². The van der Waals surface area contributed by atoms with Crippen molar-refractivity contribution in [2.24, 2.45) is 0 Å². The summed E-state index contributed by atoms with van der Waals surface area (Å²) in [6.07, 6.45) is 3.93. The Kier molecular flexibility index (Phi) is 4.38. The average molecular weight is 364 g/mol. The number of anilines is 2. The topological polar surface area (TPSA) is 45.2 Å². The molecule has 0 radical (unpaired) electrons. The second-order valence-electron chi connectivity index (χ2n) is 5.17. The number of hydrogen-bond acceptors (Lipinski definition) is 3. The summed E-state index contributed by atoms with van der Waals surface area (Å²) in [6.45, 7) is 1.98. The van der Waals surface area contributed by atoms with Gasteiger partial charge in [-0.15, -0.1) is 0 Å². The van der Waals surface area contributed by atoms with Gasteiger partial charge in [0.05, 0.1) is 5.69 Å². The molecule has 114 valence electrons. The predicted octanol–water partition coefficient (Wildman–Crippen LogP) is 3.84. The second-order valence-corrected chi connectivity index (χ2v) is 6.09. The molecule has 0 spiro atoms. The van der Waals surface area contributed by atoms with E-state index in [9.17, 15) is 9.18 Å². The number of nitrogens with zero attached hydrogens (tertiary/aromatic N) is 2. The highest BCUT2D eigenvalue weighted by molar-refractivity contribution is 9.10. The zero-order valence-corrected chi connectivity index (χ0v) is 13.4. The van der Waals surface area contributed by atoms with Crippen LogP contribution in [0, 0.1) is 5.82 Å². The summed E-state index contributed by atoms with van der Waals surface area (Å²) < 4.78 is 14.4. The number of amides is 1. The number of benzene rings is 1. The highest BCUT2D eigenvalue weighted by Gasteiger charge is 2.16. The van der Waals surface area contributed by atoms with Gasteiger partial charge in [-0.25, -0.2) is 4.39 Å². The fourth-order valence-electron chi connectivity index (χ4n) is 2.49. The third-order valence-corrected chi connectivity index (χ3v) is 4.12. The van der Waals surface area contributed by atoms with Crippen LogP contribution in [0.15, 0.2) is 41.0 Å². The Morgan fingerprint density at radius 2 is 2.00 bits per heavy atom. The van der Waals surface area contributed by atoms with Gasteiger partial charge < -0.3 is 10.2 Å². The van der Waals surface area contributed by atoms with Crippen LogP contribution >= 0.6 is 15.9 Å². The van der Waals surface area contributed by atoms with E-state index < -0.39 is 11.7 Å². The zero-order chi connectivity index (χ0) is 15.5. The summed E-state index contributed by atoms with van der Waals surface area (Å²) in [4.78, 5) is 18.6. The molecule has 1 aliphatic heterocycles. The van der Waals surface area contributed by atoms with Crippen LogP contribution in [0.1, 0.15) is 23.3 Å². The van der Waals surface area contributed by atoms with Gasteiger partial charge in [0.2, 0.25) is 0 Å². The minimum absolute atomic E-state index is 0.140. The lowest BCUT2D eigenvalue weighted by atomic mass is 10.2. The lowest BCUT2D eigenvalue weighted by molar-refractivity contribution is 0.102. The molecular formula is C16H15BrFN3O. The maximum Gasteiger partial charge on any atom is 0.274 e. The summed E-state index contributed by atoms with van der Waals surface area (Å²) in [7, 11) is 0. The number of halogens is 2. The van der Waals surface area contributed by atoms with Crippen molar-refractivity contribution >= 4 is 33.2 Å². The number of hydrogen-bond donors (Lipinski definition) is 1. The Morgan fingerprint density at radius 1 is 1.23 bits per heavy atom. The SMILES string of the molecule is O=C(Nc1ccc(Br)cc1F)c1cc(N2CCCC2)ccn1. The molecule has 3 rings (SSSR count). The van der Waals surface area contributed by atoms with Crippen LogP contribution in [-0.4, -0.2) is 24.0 Å². The van der Waals surface area contributed by atoms with E-state index in [0.717, 1.165) is 31.6 Å². The van der Waals surface area contributed by atoms with E-state index in [1.165, 1.54) is 12.1 Å². The summed E-state index contributed by atoms with van der Waals surface area (Å²) >= 11 is 3.18. The van der Waals surface area contributed by atoms with Crippen molar-refractivity contribution < 1.29 is 9.18 Å².